The van der Waals surface area contributed by atoms with Crippen LogP contribution in [0.15, 0.2) is 60.7 Å². The minimum Gasteiger partial charge on any atom is -0.294 e. The van der Waals surface area contributed by atoms with E-state index in [0.29, 0.717) is 25.1 Å². The molecule has 26 heavy (non-hydrogen) atoms. The highest BCUT2D eigenvalue weighted by molar-refractivity contribution is 7.89. The largest absolute Gasteiger partial charge is 0.294 e. The van der Waals surface area contributed by atoms with E-state index in [4.69, 9.17) is 0 Å². The highest BCUT2D eigenvalue weighted by Crippen LogP contribution is 2.23. The van der Waals surface area contributed by atoms with Gasteiger partial charge in [-0.3, -0.25) is 4.79 Å². The Morgan fingerprint density at radius 3 is 2.35 bits per heavy atom. The van der Waals surface area contributed by atoms with E-state index in [2.05, 4.69) is 0 Å². The van der Waals surface area contributed by atoms with E-state index >= 15 is 0 Å². The number of carbonyl (C=O) groups is 1. The topological polar surface area (TPSA) is 54.5 Å². The Bertz CT molecular complexity index is 819. The van der Waals surface area contributed by atoms with Crippen molar-refractivity contribution in [3.63, 3.8) is 0 Å². The number of benzene rings is 2. The predicted molar refractivity (Wildman–Crippen MR) is 104 cm³/mol. The van der Waals surface area contributed by atoms with Gasteiger partial charge in [0.05, 0.1) is 5.75 Å². The first-order valence-electron chi connectivity index (χ1n) is 9.17. The van der Waals surface area contributed by atoms with E-state index in [1.54, 1.807) is 12.1 Å². The molecule has 1 aliphatic rings. The van der Waals surface area contributed by atoms with Crippen LogP contribution in [0.1, 0.15) is 35.2 Å². The first-order chi connectivity index (χ1) is 12.6. The molecule has 0 amide bonds. The molecule has 0 spiro atoms. The van der Waals surface area contributed by atoms with Crippen molar-refractivity contribution in [2.24, 2.45) is 5.92 Å². The van der Waals surface area contributed by atoms with Crippen LogP contribution in [0, 0.1) is 5.92 Å². The van der Waals surface area contributed by atoms with Gasteiger partial charge in [-0.05, 0) is 31.2 Å². The van der Waals surface area contributed by atoms with Gasteiger partial charge in [0.1, 0.15) is 0 Å². The zero-order valence-electron chi connectivity index (χ0n) is 14.9. The SMILES string of the molecule is O=C(c1ccccc1)C1CCCN(S(=O)(=O)CCCc2ccccc2)C1. The number of ketones is 1. The minimum atomic E-state index is -3.32. The lowest BCUT2D eigenvalue weighted by molar-refractivity contribution is 0.0872. The molecule has 3 rings (SSSR count). The third kappa shape index (κ3) is 4.80. The Hall–Kier alpha value is -1.98. The molecule has 1 atom stereocenters. The summed E-state index contributed by atoms with van der Waals surface area (Å²) >= 11 is 0. The summed E-state index contributed by atoms with van der Waals surface area (Å²) in [6, 6.07) is 19.1. The summed E-state index contributed by atoms with van der Waals surface area (Å²) in [6.45, 7) is 0.827. The molecule has 0 aliphatic carbocycles. The van der Waals surface area contributed by atoms with Crippen LogP contribution in [0.2, 0.25) is 0 Å². The highest BCUT2D eigenvalue weighted by Gasteiger charge is 2.32. The first kappa shape index (κ1) is 18.8. The molecular weight excluding hydrogens is 346 g/mol. The van der Waals surface area contributed by atoms with Crippen molar-refractivity contribution < 1.29 is 13.2 Å². The molecule has 0 aromatic heterocycles. The van der Waals surface area contributed by atoms with Gasteiger partial charge in [0, 0.05) is 24.6 Å². The fraction of sp³-hybridized carbons (Fsp3) is 0.381. The molecule has 2 aromatic rings. The van der Waals surface area contributed by atoms with Crippen molar-refractivity contribution in [2.75, 3.05) is 18.8 Å². The van der Waals surface area contributed by atoms with Crippen LogP contribution in [-0.4, -0.2) is 37.3 Å². The summed E-state index contributed by atoms with van der Waals surface area (Å²) in [4.78, 5) is 12.6. The van der Waals surface area contributed by atoms with Crippen molar-refractivity contribution >= 4 is 15.8 Å². The monoisotopic (exact) mass is 371 g/mol. The Kier molecular flexibility index (Phi) is 6.22. The normalized spacial score (nSPS) is 18.5. The number of rotatable bonds is 7. The zero-order valence-corrected chi connectivity index (χ0v) is 15.7. The maximum absolute atomic E-state index is 12.7. The van der Waals surface area contributed by atoms with Crippen LogP contribution >= 0.6 is 0 Å². The van der Waals surface area contributed by atoms with Crippen LogP contribution in [0.25, 0.3) is 0 Å². The van der Waals surface area contributed by atoms with Gasteiger partial charge in [-0.1, -0.05) is 60.7 Å². The number of sulfonamides is 1. The number of nitrogens with zero attached hydrogens (tertiary/aromatic N) is 1. The summed E-state index contributed by atoms with van der Waals surface area (Å²) in [5.41, 5.74) is 1.82. The van der Waals surface area contributed by atoms with Crippen molar-refractivity contribution in [2.45, 2.75) is 25.7 Å². The number of Topliss-reactive ketones (excluding diaryl/α,β-unsaturated/α-hetero) is 1. The summed E-state index contributed by atoms with van der Waals surface area (Å²) in [5, 5.41) is 0. The fourth-order valence-electron chi connectivity index (χ4n) is 3.48. The van der Waals surface area contributed by atoms with E-state index < -0.39 is 10.0 Å². The molecule has 1 heterocycles. The van der Waals surface area contributed by atoms with Gasteiger partial charge in [-0.25, -0.2) is 12.7 Å². The molecule has 1 fully saturated rings. The van der Waals surface area contributed by atoms with Gasteiger partial charge in [0.15, 0.2) is 5.78 Å². The van der Waals surface area contributed by atoms with Crippen molar-refractivity contribution in [1.29, 1.82) is 0 Å². The lowest BCUT2D eigenvalue weighted by atomic mass is 9.91. The summed E-state index contributed by atoms with van der Waals surface area (Å²) in [5.74, 6) is -0.0569. The molecule has 0 N–H and O–H groups in total. The number of hydrogen-bond donors (Lipinski definition) is 0. The van der Waals surface area contributed by atoms with Gasteiger partial charge in [0.2, 0.25) is 10.0 Å². The Morgan fingerprint density at radius 1 is 1.00 bits per heavy atom. The molecule has 2 aromatic carbocycles. The van der Waals surface area contributed by atoms with Gasteiger partial charge in [0.25, 0.3) is 0 Å². The Morgan fingerprint density at radius 2 is 1.65 bits per heavy atom. The van der Waals surface area contributed by atoms with Crippen LogP contribution in [-0.2, 0) is 16.4 Å². The number of hydrogen-bond acceptors (Lipinski definition) is 3. The Labute approximate surface area is 155 Å². The number of piperidine rings is 1. The average molecular weight is 372 g/mol. The van der Waals surface area contributed by atoms with Crippen molar-refractivity contribution in [1.82, 2.24) is 4.31 Å². The van der Waals surface area contributed by atoms with E-state index in [-0.39, 0.29) is 17.5 Å². The second-order valence-corrected chi connectivity index (χ2v) is 8.92. The standard InChI is InChI=1S/C21H25NO3S/c23-21(19-12-5-2-6-13-19)20-14-7-15-22(17-20)26(24,25)16-8-11-18-9-3-1-4-10-18/h1-6,9-10,12-13,20H,7-8,11,14-17H2. The maximum atomic E-state index is 12.7. The number of aryl methyl sites for hydroxylation is 1. The second-order valence-electron chi connectivity index (χ2n) is 6.83. The lowest BCUT2D eigenvalue weighted by Gasteiger charge is -2.31. The smallest absolute Gasteiger partial charge is 0.214 e. The quantitative estimate of drug-likeness (QED) is 0.700. The summed E-state index contributed by atoms with van der Waals surface area (Å²) in [7, 11) is -3.32. The van der Waals surface area contributed by atoms with Gasteiger partial charge < -0.3 is 0 Å². The third-order valence-electron chi connectivity index (χ3n) is 4.92. The van der Waals surface area contributed by atoms with E-state index in [0.717, 1.165) is 24.8 Å². The predicted octanol–water partition coefficient (Wildman–Crippen LogP) is 3.54. The van der Waals surface area contributed by atoms with Crippen LogP contribution < -0.4 is 0 Å². The molecule has 4 nitrogen and oxygen atoms in total. The molecule has 1 saturated heterocycles. The van der Waals surface area contributed by atoms with Gasteiger partial charge in [-0.15, -0.1) is 0 Å². The fourth-order valence-corrected chi connectivity index (χ4v) is 5.06. The Balaban J connectivity index is 1.58. The lowest BCUT2D eigenvalue weighted by Crippen LogP contribution is -2.43. The van der Waals surface area contributed by atoms with Gasteiger partial charge >= 0.3 is 0 Å². The molecule has 138 valence electrons. The minimum absolute atomic E-state index is 0.0507. The highest BCUT2D eigenvalue weighted by atomic mass is 32.2. The summed E-state index contributed by atoms with van der Waals surface area (Å²) in [6.07, 6.45) is 2.84. The summed E-state index contributed by atoms with van der Waals surface area (Å²) < 4.78 is 26.9. The molecular formula is C21H25NO3S. The zero-order chi connectivity index (χ0) is 18.4. The average Bonchev–Trinajstić information content (AvgIpc) is 2.69. The maximum Gasteiger partial charge on any atom is 0.214 e. The third-order valence-corrected chi connectivity index (χ3v) is 6.84. The molecule has 1 aliphatic heterocycles. The van der Waals surface area contributed by atoms with Crippen LogP contribution in [0.4, 0.5) is 0 Å². The molecule has 0 radical (unpaired) electrons. The van der Waals surface area contributed by atoms with E-state index in [1.807, 2.05) is 48.5 Å². The van der Waals surface area contributed by atoms with Crippen molar-refractivity contribution in [3.8, 4) is 0 Å². The molecule has 1 unspecified atom stereocenters. The van der Waals surface area contributed by atoms with E-state index in [1.165, 1.54) is 4.31 Å². The van der Waals surface area contributed by atoms with Crippen LogP contribution in [0.3, 0.4) is 0 Å². The van der Waals surface area contributed by atoms with Crippen molar-refractivity contribution in [3.05, 3.63) is 71.8 Å². The molecule has 0 saturated carbocycles. The molecule has 0 bridgehead atoms. The number of carbonyl (C=O) groups excluding carboxylic acids is 1. The van der Waals surface area contributed by atoms with E-state index in [9.17, 15) is 13.2 Å². The van der Waals surface area contributed by atoms with Crippen LogP contribution in [0.5, 0.6) is 0 Å². The first-order valence-corrected chi connectivity index (χ1v) is 10.8. The molecule has 5 heteroatoms. The van der Waals surface area contributed by atoms with Gasteiger partial charge in [-0.2, -0.15) is 0 Å². The second kappa shape index (κ2) is 8.60.